The topological polar surface area (TPSA) is 67.3 Å². The number of hydrogen-bond donors (Lipinski definition) is 1. The molecule has 0 aliphatic heterocycles. The molecule has 20 heavy (non-hydrogen) atoms. The normalized spacial score (nSPS) is 16.8. The van der Waals surface area contributed by atoms with Gasteiger partial charge in [0.05, 0.1) is 18.8 Å². The number of nitrogens with zero attached hydrogens (tertiary/aromatic N) is 3. The highest BCUT2D eigenvalue weighted by atomic mass is 16.5. The molecule has 6 nitrogen and oxygen atoms in total. The van der Waals surface area contributed by atoms with Crippen LogP contribution in [0.15, 0.2) is 27.3 Å². The van der Waals surface area contributed by atoms with Crippen molar-refractivity contribution in [2.45, 2.75) is 31.3 Å². The van der Waals surface area contributed by atoms with Crippen molar-refractivity contribution in [1.29, 1.82) is 0 Å². The monoisotopic (exact) mass is 276 g/mol. The molecule has 0 aromatic carbocycles. The van der Waals surface area contributed by atoms with E-state index in [2.05, 4.69) is 20.4 Å². The van der Waals surface area contributed by atoms with Crippen LogP contribution in [0.25, 0.3) is 0 Å². The molecule has 108 valence electrons. The van der Waals surface area contributed by atoms with Gasteiger partial charge in [0.25, 0.3) is 0 Å². The van der Waals surface area contributed by atoms with E-state index in [1.165, 1.54) is 12.8 Å². The molecule has 1 fully saturated rings. The third kappa shape index (κ3) is 3.08. The van der Waals surface area contributed by atoms with E-state index < -0.39 is 0 Å². The van der Waals surface area contributed by atoms with Crippen molar-refractivity contribution in [1.82, 2.24) is 20.4 Å². The second-order valence-corrected chi connectivity index (χ2v) is 5.45. The zero-order valence-electron chi connectivity index (χ0n) is 11.9. The summed E-state index contributed by atoms with van der Waals surface area (Å²) in [6, 6.07) is 4.09. The van der Waals surface area contributed by atoms with Gasteiger partial charge in [-0.2, -0.15) is 4.98 Å². The number of aromatic nitrogens is 2. The Hall–Kier alpha value is -1.66. The number of likely N-dealkylation sites (N-methyl/N-ethyl adjacent to an activating group) is 1. The minimum absolute atomic E-state index is 0.191. The van der Waals surface area contributed by atoms with E-state index in [1.54, 1.807) is 6.26 Å². The smallest absolute Gasteiger partial charge is 0.240 e. The highest BCUT2D eigenvalue weighted by molar-refractivity contribution is 5.05. The first kappa shape index (κ1) is 13.3. The molecule has 1 N–H and O–H groups in total. The van der Waals surface area contributed by atoms with Gasteiger partial charge in [0.15, 0.2) is 5.82 Å². The van der Waals surface area contributed by atoms with Crippen LogP contribution < -0.4 is 5.32 Å². The summed E-state index contributed by atoms with van der Waals surface area (Å²) in [7, 11) is 4.07. The lowest BCUT2D eigenvalue weighted by Crippen LogP contribution is -2.30. The van der Waals surface area contributed by atoms with Crippen molar-refractivity contribution in [3.8, 4) is 0 Å². The lowest BCUT2D eigenvalue weighted by atomic mass is 10.2. The van der Waals surface area contributed by atoms with Crippen molar-refractivity contribution in [3.05, 3.63) is 35.9 Å². The van der Waals surface area contributed by atoms with Gasteiger partial charge in [0.1, 0.15) is 5.76 Å². The second-order valence-electron chi connectivity index (χ2n) is 5.45. The summed E-state index contributed by atoms with van der Waals surface area (Å²) in [6.07, 6.45) is 4.08. The summed E-state index contributed by atoms with van der Waals surface area (Å²) in [4.78, 5) is 6.52. The van der Waals surface area contributed by atoms with E-state index in [1.807, 2.05) is 26.2 Å². The van der Waals surface area contributed by atoms with E-state index in [-0.39, 0.29) is 6.04 Å². The fourth-order valence-corrected chi connectivity index (χ4v) is 2.18. The molecule has 1 aliphatic carbocycles. The maximum Gasteiger partial charge on any atom is 0.240 e. The van der Waals surface area contributed by atoms with Crippen LogP contribution in [0.5, 0.6) is 0 Å². The Morgan fingerprint density at radius 2 is 2.30 bits per heavy atom. The van der Waals surface area contributed by atoms with Gasteiger partial charge in [-0.3, -0.25) is 4.90 Å². The zero-order valence-corrected chi connectivity index (χ0v) is 11.9. The van der Waals surface area contributed by atoms with Gasteiger partial charge < -0.3 is 14.3 Å². The highest BCUT2D eigenvalue weighted by Crippen LogP contribution is 2.38. The third-order valence-corrected chi connectivity index (χ3v) is 3.54. The maximum atomic E-state index is 5.47. The second kappa shape index (κ2) is 5.76. The Morgan fingerprint density at radius 3 is 2.95 bits per heavy atom. The molecule has 2 aromatic rings. The van der Waals surface area contributed by atoms with Gasteiger partial charge >= 0.3 is 0 Å². The van der Waals surface area contributed by atoms with Crippen molar-refractivity contribution in [3.63, 3.8) is 0 Å². The van der Waals surface area contributed by atoms with E-state index in [0.29, 0.717) is 18.4 Å². The molecular formula is C14H20N4O2. The van der Waals surface area contributed by atoms with Gasteiger partial charge in [-0.05, 0) is 39.1 Å². The van der Waals surface area contributed by atoms with Crippen molar-refractivity contribution in [2.75, 3.05) is 20.6 Å². The number of rotatable bonds is 7. The Balaban J connectivity index is 1.52. The van der Waals surface area contributed by atoms with E-state index in [4.69, 9.17) is 8.94 Å². The molecule has 0 saturated heterocycles. The maximum absolute atomic E-state index is 5.47. The average Bonchev–Trinajstić information content (AvgIpc) is 2.95. The van der Waals surface area contributed by atoms with Gasteiger partial charge in [-0.15, -0.1) is 0 Å². The number of hydrogen-bond acceptors (Lipinski definition) is 6. The molecule has 1 unspecified atom stereocenters. The van der Waals surface area contributed by atoms with Crippen molar-refractivity contribution >= 4 is 0 Å². The first-order valence-electron chi connectivity index (χ1n) is 6.97. The predicted octanol–water partition coefficient (Wildman–Crippen LogP) is 1.93. The van der Waals surface area contributed by atoms with Crippen molar-refractivity contribution < 1.29 is 8.94 Å². The fourth-order valence-electron chi connectivity index (χ4n) is 2.18. The summed E-state index contributed by atoms with van der Waals surface area (Å²) in [5, 5.41) is 7.35. The van der Waals surface area contributed by atoms with Crippen LogP contribution in [0.1, 0.15) is 42.3 Å². The largest absolute Gasteiger partial charge is 0.468 e. The summed E-state index contributed by atoms with van der Waals surface area (Å²) < 4.78 is 10.7. The molecule has 1 saturated carbocycles. The van der Waals surface area contributed by atoms with Gasteiger partial charge in [-0.25, -0.2) is 0 Å². The van der Waals surface area contributed by atoms with Crippen LogP contribution in [0.2, 0.25) is 0 Å². The molecule has 3 rings (SSSR count). The molecule has 0 amide bonds. The molecule has 6 heteroatoms. The van der Waals surface area contributed by atoms with Crippen LogP contribution in [0, 0.1) is 0 Å². The minimum atomic E-state index is 0.191. The standard InChI is InChI=1S/C14H20N4O2/c1-18(2)11(12-4-3-7-19-12)8-15-9-13-16-14(17-20-13)10-5-6-10/h3-4,7,10-11,15H,5-6,8-9H2,1-2H3. The lowest BCUT2D eigenvalue weighted by Gasteiger charge is -2.22. The number of nitrogens with one attached hydrogen (secondary N) is 1. The van der Waals surface area contributed by atoms with Crippen LogP contribution in [-0.2, 0) is 6.54 Å². The molecular weight excluding hydrogens is 256 g/mol. The molecule has 1 aliphatic rings. The van der Waals surface area contributed by atoms with Crippen LogP contribution >= 0.6 is 0 Å². The first-order valence-corrected chi connectivity index (χ1v) is 6.97. The van der Waals surface area contributed by atoms with E-state index >= 15 is 0 Å². The Kier molecular flexibility index (Phi) is 3.84. The van der Waals surface area contributed by atoms with Crippen molar-refractivity contribution in [2.24, 2.45) is 0 Å². The Bertz CT molecular complexity index is 531. The van der Waals surface area contributed by atoms with Crippen LogP contribution in [0.4, 0.5) is 0 Å². The average molecular weight is 276 g/mol. The van der Waals surface area contributed by atoms with Crippen LogP contribution in [0.3, 0.4) is 0 Å². The first-order chi connectivity index (χ1) is 9.74. The summed E-state index contributed by atoms with van der Waals surface area (Å²) in [6.45, 7) is 1.35. The summed E-state index contributed by atoms with van der Waals surface area (Å²) in [5.74, 6) is 3.00. The van der Waals surface area contributed by atoms with E-state index in [9.17, 15) is 0 Å². The highest BCUT2D eigenvalue weighted by Gasteiger charge is 2.28. The Labute approximate surface area is 118 Å². The number of furan rings is 1. The third-order valence-electron chi connectivity index (χ3n) is 3.54. The Morgan fingerprint density at radius 1 is 1.45 bits per heavy atom. The molecule has 2 heterocycles. The lowest BCUT2D eigenvalue weighted by molar-refractivity contribution is 0.246. The minimum Gasteiger partial charge on any atom is -0.468 e. The van der Waals surface area contributed by atoms with Crippen LogP contribution in [-0.4, -0.2) is 35.7 Å². The summed E-state index contributed by atoms with van der Waals surface area (Å²) in [5.41, 5.74) is 0. The van der Waals surface area contributed by atoms with Gasteiger partial charge in [0, 0.05) is 12.5 Å². The fraction of sp³-hybridized carbons (Fsp3) is 0.571. The molecule has 0 bridgehead atoms. The SMILES string of the molecule is CN(C)C(CNCc1nc(C2CC2)no1)c1ccco1. The predicted molar refractivity (Wildman–Crippen MR) is 73.1 cm³/mol. The van der Waals surface area contributed by atoms with E-state index in [0.717, 1.165) is 18.1 Å². The quantitative estimate of drug-likeness (QED) is 0.833. The molecule has 0 radical (unpaired) electrons. The summed E-state index contributed by atoms with van der Waals surface area (Å²) >= 11 is 0. The molecule has 1 atom stereocenters. The van der Waals surface area contributed by atoms with Gasteiger partial charge in [-0.1, -0.05) is 5.16 Å². The molecule has 2 aromatic heterocycles. The molecule has 0 spiro atoms. The zero-order chi connectivity index (χ0) is 13.9. The van der Waals surface area contributed by atoms with Gasteiger partial charge in [0.2, 0.25) is 5.89 Å².